The first-order valence-electron chi connectivity index (χ1n) is 10.9. The Bertz CT molecular complexity index is 887. The minimum atomic E-state index is -0.0895. The molecule has 0 saturated heterocycles. The lowest BCUT2D eigenvalue weighted by molar-refractivity contribution is -0.123. The normalized spacial score (nSPS) is 24.6. The highest BCUT2D eigenvalue weighted by molar-refractivity contribution is 6.30. The molecule has 0 spiro atoms. The summed E-state index contributed by atoms with van der Waals surface area (Å²) >= 11 is 5.93. The van der Waals surface area contributed by atoms with Gasteiger partial charge in [0.15, 0.2) is 0 Å². The summed E-state index contributed by atoms with van der Waals surface area (Å²) < 4.78 is 0. The van der Waals surface area contributed by atoms with Crippen molar-refractivity contribution in [1.29, 1.82) is 0 Å². The number of rotatable bonds is 7. The quantitative estimate of drug-likeness (QED) is 0.679. The third kappa shape index (κ3) is 4.11. The van der Waals surface area contributed by atoms with Gasteiger partial charge in [-0.05, 0) is 72.8 Å². The second-order valence-corrected chi connectivity index (χ2v) is 9.07. The van der Waals surface area contributed by atoms with Crippen LogP contribution in [0.1, 0.15) is 48.0 Å². The predicted molar refractivity (Wildman–Crippen MR) is 119 cm³/mol. The summed E-state index contributed by atoms with van der Waals surface area (Å²) in [5.74, 6) is 2.06. The second-order valence-electron chi connectivity index (χ2n) is 8.63. The lowest BCUT2D eigenvalue weighted by Gasteiger charge is -2.26. The number of carbonyl (C=O) groups is 2. The van der Waals surface area contributed by atoms with Crippen LogP contribution in [0, 0.1) is 23.7 Å². The molecular weight excluding hydrogens is 396 g/mol. The molecule has 2 N–H and O–H groups in total. The lowest BCUT2D eigenvalue weighted by atomic mass is 9.80. The van der Waals surface area contributed by atoms with Crippen LogP contribution in [-0.4, -0.2) is 24.9 Å². The van der Waals surface area contributed by atoms with Crippen molar-refractivity contribution >= 4 is 23.4 Å². The van der Waals surface area contributed by atoms with E-state index in [1.807, 2.05) is 18.2 Å². The van der Waals surface area contributed by atoms with E-state index in [4.69, 9.17) is 11.6 Å². The van der Waals surface area contributed by atoms with Crippen LogP contribution in [-0.2, 0) is 4.79 Å². The van der Waals surface area contributed by atoms with Gasteiger partial charge in [-0.3, -0.25) is 9.59 Å². The molecule has 4 rings (SSSR count). The zero-order chi connectivity index (χ0) is 21.3. The van der Waals surface area contributed by atoms with E-state index in [9.17, 15) is 9.59 Å². The fraction of sp³-hybridized carbons (Fsp3) is 0.440. The van der Waals surface area contributed by atoms with E-state index in [1.165, 1.54) is 0 Å². The van der Waals surface area contributed by atoms with Gasteiger partial charge in [0.25, 0.3) is 5.91 Å². The molecule has 0 radical (unpaired) electrons. The fourth-order valence-electron chi connectivity index (χ4n) is 5.58. The van der Waals surface area contributed by atoms with Crippen molar-refractivity contribution in [3.05, 3.63) is 70.7 Å². The molecule has 0 bridgehead atoms. The fourth-order valence-corrected chi connectivity index (χ4v) is 5.71. The van der Waals surface area contributed by atoms with Crippen molar-refractivity contribution in [1.82, 2.24) is 10.6 Å². The number of nitrogens with one attached hydrogen (secondary N) is 2. The molecule has 5 heteroatoms. The van der Waals surface area contributed by atoms with E-state index in [0.717, 1.165) is 24.8 Å². The summed E-state index contributed by atoms with van der Waals surface area (Å²) in [5.41, 5.74) is 1.74. The van der Waals surface area contributed by atoms with Gasteiger partial charge in [0.05, 0.1) is 5.92 Å². The van der Waals surface area contributed by atoms with Gasteiger partial charge in [-0.1, -0.05) is 48.9 Å². The van der Waals surface area contributed by atoms with Gasteiger partial charge in [-0.2, -0.15) is 0 Å². The average Bonchev–Trinajstić information content (AvgIpc) is 3.25. The molecule has 0 aliphatic heterocycles. The molecular formula is C25H29ClN2O2. The zero-order valence-corrected chi connectivity index (χ0v) is 18.2. The molecule has 0 aromatic heterocycles. The summed E-state index contributed by atoms with van der Waals surface area (Å²) in [4.78, 5) is 25.3. The minimum absolute atomic E-state index is 0.0347. The Hall–Kier alpha value is -2.33. The highest BCUT2D eigenvalue weighted by atomic mass is 35.5. The monoisotopic (exact) mass is 424 g/mol. The van der Waals surface area contributed by atoms with E-state index in [1.54, 1.807) is 31.3 Å². The molecule has 0 unspecified atom stereocenters. The first-order valence-corrected chi connectivity index (χ1v) is 11.2. The number of amides is 2. The number of likely N-dealkylation sites (N-methyl/N-ethyl adjacent to an activating group) is 1. The molecule has 2 amide bonds. The molecule has 2 aliphatic rings. The van der Waals surface area contributed by atoms with Crippen LogP contribution >= 0.6 is 11.6 Å². The van der Waals surface area contributed by atoms with E-state index < -0.39 is 0 Å². The molecule has 30 heavy (non-hydrogen) atoms. The standard InChI is InChI=1S/C25H29ClN2O2/c1-3-21(28-24(29)16-9-11-18(26)12-10-16)23-19-13-17(14-20(19)23)22(25(30)27-2)15-7-5-4-6-8-15/h4-12,17,19-23H,3,13-14H2,1-2H3,(H,27,30)(H,28,29)/t17?,19-,20-,21-,22-,23?/m1/s1. The van der Waals surface area contributed by atoms with Crippen LogP contribution in [0.25, 0.3) is 0 Å². The van der Waals surface area contributed by atoms with Gasteiger partial charge >= 0.3 is 0 Å². The van der Waals surface area contributed by atoms with Crippen LogP contribution in [0.2, 0.25) is 5.02 Å². The third-order valence-electron chi connectivity index (χ3n) is 7.03. The molecule has 0 heterocycles. The largest absolute Gasteiger partial charge is 0.359 e. The number of carbonyl (C=O) groups excluding carboxylic acids is 2. The number of hydrogen-bond acceptors (Lipinski definition) is 2. The summed E-state index contributed by atoms with van der Waals surface area (Å²) in [6, 6.07) is 17.3. The van der Waals surface area contributed by atoms with Gasteiger partial charge < -0.3 is 10.6 Å². The van der Waals surface area contributed by atoms with Gasteiger partial charge in [-0.15, -0.1) is 0 Å². The summed E-state index contributed by atoms with van der Waals surface area (Å²) in [7, 11) is 1.72. The molecule has 4 atom stereocenters. The van der Waals surface area contributed by atoms with Crippen LogP contribution < -0.4 is 10.6 Å². The van der Waals surface area contributed by atoms with Crippen molar-refractivity contribution in [3.8, 4) is 0 Å². The predicted octanol–water partition coefficient (Wildman–Crippen LogP) is 4.65. The maximum atomic E-state index is 12.7. The first kappa shape index (κ1) is 20.9. The third-order valence-corrected chi connectivity index (χ3v) is 7.29. The van der Waals surface area contributed by atoms with Gasteiger partial charge in [0.1, 0.15) is 0 Å². The molecule has 2 aromatic carbocycles. The maximum absolute atomic E-state index is 12.7. The Kier molecular flexibility index (Phi) is 6.14. The Morgan fingerprint density at radius 1 is 1.03 bits per heavy atom. The van der Waals surface area contributed by atoms with Crippen LogP contribution in [0.4, 0.5) is 0 Å². The molecule has 2 aliphatic carbocycles. The molecule has 2 saturated carbocycles. The van der Waals surface area contributed by atoms with Crippen LogP contribution in [0.15, 0.2) is 54.6 Å². The number of hydrogen-bond donors (Lipinski definition) is 2. The number of fused-ring (bicyclic) bond motifs is 1. The van der Waals surface area contributed by atoms with Crippen LogP contribution in [0.5, 0.6) is 0 Å². The summed E-state index contributed by atoms with van der Waals surface area (Å²) in [6.45, 7) is 2.13. The molecule has 158 valence electrons. The van der Waals surface area contributed by atoms with Crippen molar-refractivity contribution in [3.63, 3.8) is 0 Å². The van der Waals surface area contributed by atoms with Crippen LogP contribution in [0.3, 0.4) is 0 Å². The van der Waals surface area contributed by atoms with E-state index >= 15 is 0 Å². The van der Waals surface area contributed by atoms with Gasteiger partial charge in [0.2, 0.25) is 5.91 Å². The average molecular weight is 425 g/mol. The number of halogens is 1. The first-order chi connectivity index (χ1) is 14.5. The Balaban J connectivity index is 1.40. The van der Waals surface area contributed by atoms with Crippen molar-refractivity contribution in [2.24, 2.45) is 23.7 Å². The van der Waals surface area contributed by atoms with E-state index in [0.29, 0.717) is 34.3 Å². The van der Waals surface area contributed by atoms with Crippen molar-refractivity contribution in [2.45, 2.75) is 38.1 Å². The highest BCUT2D eigenvalue weighted by Gasteiger charge is 2.60. The Labute approximate surface area is 183 Å². The highest BCUT2D eigenvalue weighted by Crippen LogP contribution is 2.63. The molecule has 2 fully saturated rings. The van der Waals surface area contributed by atoms with Gasteiger partial charge in [0, 0.05) is 23.7 Å². The summed E-state index contributed by atoms with van der Waals surface area (Å²) in [5, 5.41) is 6.73. The van der Waals surface area contributed by atoms with Crippen molar-refractivity contribution < 1.29 is 9.59 Å². The van der Waals surface area contributed by atoms with Crippen molar-refractivity contribution in [2.75, 3.05) is 7.05 Å². The van der Waals surface area contributed by atoms with E-state index in [2.05, 4.69) is 29.7 Å². The Morgan fingerprint density at radius 2 is 1.67 bits per heavy atom. The second kappa shape index (κ2) is 8.81. The molecule has 4 nitrogen and oxygen atoms in total. The number of benzene rings is 2. The molecule has 2 aromatic rings. The smallest absolute Gasteiger partial charge is 0.251 e. The van der Waals surface area contributed by atoms with E-state index in [-0.39, 0.29) is 23.8 Å². The SMILES string of the molecule is CC[C@@H](NC(=O)c1ccc(Cl)cc1)C1[C@@H]2CC([C@H](C(=O)NC)c3ccccc3)C[C@@H]12. The maximum Gasteiger partial charge on any atom is 0.251 e. The Morgan fingerprint density at radius 3 is 2.23 bits per heavy atom. The topological polar surface area (TPSA) is 58.2 Å². The minimum Gasteiger partial charge on any atom is -0.359 e. The summed E-state index contributed by atoms with van der Waals surface area (Å²) in [6.07, 6.45) is 3.02. The lowest BCUT2D eigenvalue weighted by Crippen LogP contribution is -2.38. The van der Waals surface area contributed by atoms with Gasteiger partial charge in [-0.25, -0.2) is 0 Å². The zero-order valence-electron chi connectivity index (χ0n) is 17.5.